The highest BCUT2D eigenvalue weighted by Gasteiger charge is 2.11. The van der Waals surface area contributed by atoms with Crippen molar-refractivity contribution < 1.29 is 9.13 Å². The van der Waals surface area contributed by atoms with Gasteiger partial charge in [0.25, 0.3) is 0 Å². The second kappa shape index (κ2) is 6.10. The molecule has 19 heavy (non-hydrogen) atoms. The van der Waals surface area contributed by atoms with E-state index in [2.05, 4.69) is 15.4 Å². The molecular weight excluding hydrogens is 247 g/mol. The Morgan fingerprint density at radius 3 is 2.79 bits per heavy atom. The van der Waals surface area contributed by atoms with Gasteiger partial charge in [-0.05, 0) is 12.5 Å². The first-order valence-electron chi connectivity index (χ1n) is 5.93. The standard InChI is InChI=1S/C13H15FN4O/c1-2-10-12(18-15)16-8-17-13(10)19-7-9-5-3-4-6-11(9)14/h3-6,8H,2,7,15H2,1H3,(H,16,17,18). The van der Waals surface area contributed by atoms with Crippen LogP contribution in [0.5, 0.6) is 5.88 Å². The predicted molar refractivity (Wildman–Crippen MR) is 70.0 cm³/mol. The lowest BCUT2D eigenvalue weighted by Crippen LogP contribution is -2.13. The van der Waals surface area contributed by atoms with Crippen molar-refractivity contribution in [1.29, 1.82) is 0 Å². The van der Waals surface area contributed by atoms with Crippen LogP contribution in [0.4, 0.5) is 10.2 Å². The van der Waals surface area contributed by atoms with Gasteiger partial charge in [0.05, 0.1) is 5.56 Å². The van der Waals surface area contributed by atoms with E-state index in [-0.39, 0.29) is 12.4 Å². The second-order valence-electron chi connectivity index (χ2n) is 3.88. The molecule has 0 unspecified atom stereocenters. The molecule has 0 aliphatic heterocycles. The van der Waals surface area contributed by atoms with Gasteiger partial charge in [-0.3, -0.25) is 0 Å². The first kappa shape index (κ1) is 13.2. The molecule has 0 radical (unpaired) electrons. The molecule has 0 saturated carbocycles. The van der Waals surface area contributed by atoms with Gasteiger partial charge in [0.15, 0.2) is 0 Å². The molecule has 0 amide bonds. The van der Waals surface area contributed by atoms with Gasteiger partial charge in [-0.25, -0.2) is 20.2 Å². The summed E-state index contributed by atoms with van der Waals surface area (Å²) in [5.41, 5.74) is 3.73. The molecule has 6 heteroatoms. The largest absolute Gasteiger partial charge is 0.472 e. The van der Waals surface area contributed by atoms with Crippen LogP contribution in [-0.4, -0.2) is 9.97 Å². The lowest BCUT2D eigenvalue weighted by molar-refractivity contribution is 0.284. The SMILES string of the molecule is CCc1c(NN)ncnc1OCc1ccccc1F. The Morgan fingerprint density at radius 1 is 1.32 bits per heavy atom. The van der Waals surface area contributed by atoms with E-state index < -0.39 is 0 Å². The molecule has 1 heterocycles. The van der Waals surface area contributed by atoms with Crippen LogP contribution in [0.2, 0.25) is 0 Å². The van der Waals surface area contributed by atoms with Crippen LogP contribution in [-0.2, 0) is 13.0 Å². The van der Waals surface area contributed by atoms with Gasteiger partial charge in [-0.2, -0.15) is 0 Å². The number of hydrogen-bond acceptors (Lipinski definition) is 5. The molecule has 1 aromatic heterocycles. The van der Waals surface area contributed by atoms with Gasteiger partial charge < -0.3 is 10.2 Å². The molecule has 0 spiro atoms. The topological polar surface area (TPSA) is 73.1 Å². The van der Waals surface area contributed by atoms with E-state index in [0.717, 1.165) is 5.56 Å². The van der Waals surface area contributed by atoms with Crippen LogP contribution in [0.3, 0.4) is 0 Å². The van der Waals surface area contributed by atoms with E-state index >= 15 is 0 Å². The zero-order valence-electron chi connectivity index (χ0n) is 10.6. The molecule has 5 nitrogen and oxygen atoms in total. The molecule has 100 valence electrons. The Labute approximate surface area is 110 Å². The van der Waals surface area contributed by atoms with Gasteiger partial charge >= 0.3 is 0 Å². The van der Waals surface area contributed by atoms with Gasteiger partial charge in [0.1, 0.15) is 24.6 Å². The number of ether oxygens (including phenoxy) is 1. The maximum absolute atomic E-state index is 13.5. The van der Waals surface area contributed by atoms with Crippen molar-refractivity contribution in [1.82, 2.24) is 9.97 Å². The van der Waals surface area contributed by atoms with Gasteiger partial charge in [-0.15, -0.1) is 0 Å². The van der Waals surface area contributed by atoms with Gasteiger partial charge in [0, 0.05) is 5.56 Å². The molecule has 0 atom stereocenters. The van der Waals surface area contributed by atoms with Crippen molar-refractivity contribution in [2.75, 3.05) is 5.43 Å². The number of nitrogens with two attached hydrogens (primary N) is 1. The molecule has 0 bridgehead atoms. The normalized spacial score (nSPS) is 10.3. The van der Waals surface area contributed by atoms with Crippen molar-refractivity contribution in [2.24, 2.45) is 5.84 Å². The second-order valence-corrected chi connectivity index (χ2v) is 3.88. The molecule has 0 fully saturated rings. The zero-order chi connectivity index (χ0) is 13.7. The Kier molecular flexibility index (Phi) is 4.25. The van der Waals surface area contributed by atoms with Crippen LogP contribution in [0, 0.1) is 5.82 Å². The van der Waals surface area contributed by atoms with Crippen LogP contribution >= 0.6 is 0 Å². The number of rotatable bonds is 5. The van der Waals surface area contributed by atoms with Crippen molar-refractivity contribution in [3.8, 4) is 5.88 Å². The smallest absolute Gasteiger partial charge is 0.222 e. The van der Waals surface area contributed by atoms with Crippen LogP contribution < -0.4 is 16.0 Å². The van der Waals surface area contributed by atoms with Crippen molar-refractivity contribution in [3.05, 3.63) is 47.5 Å². The Bertz CT molecular complexity index is 562. The molecule has 0 aliphatic rings. The van der Waals surface area contributed by atoms with Crippen LogP contribution in [0.25, 0.3) is 0 Å². The number of hydrazine groups is 1. The Hall–Kier alpha value is -2.21. The summed E-state index contributed by atoms with van der Waals surface area (Å²) in [4.78, 5) is 8.05. The first-order chi connectivity index (χ1) is 9.26. The van der Waals surface area contributed by atoms with Crippen LogP contribution in [0.15, 0.2) is 30.6 Å². The molecule has 1 aromatic carbocycles. The fourth-order valence-electron chi connectivity index (χ4n) is 1.73. The Balaban J connectivity index is 2.18. The number of benzene rings is 1. The lowest BCUT2D eigenvalue weighted by Gasteiger charge is -2.12. The number of halogens is 1. The van der Waals surface area contributed by atoms with Crippen molar-refractivity contribution in [3.63, 3.8) is 0 Å². The minimum absolute atomic E-state index is 0.112. The molecular formula is C13H15FN4O. The number of nitrogen functional groups attached to an aromatic ring is 1. The highest BCUT2D eigenvalue weighted by molar-refractivity contribution is 5.47. The number of hydrogen-bond donors (Lipinski definition) is 2. The summed E-state index contributed by atoms with van der Waals surface area (Å²) < 4.78 is 19.0. The number of anilines is 1. The lowest BCUT2D eigenvalue weighted by atomic mass is 10.2. The number of nitrogens with one attached hydrogen (secondary N) is 1. The van der Waals surface area contributed by atoms with Gasteiger partial charge in [0.2, 0.25) is 5.88 Å². The third-order valence-electron chi connectivity index (χ3n) is 2.72. The predicted octanol–water partition coefficient (Wildman–Crippen LogP) is 2.04. The Morgan fingerprint density at radius 2 is 2.11 bits per heavy atom. The summed E-state index contributed by atoms with van der Waals surface area (Å²) >= 11 is 0. The summed E-state index contributed by atoms with van der Waals surface area (Å²) in [6.45, 7) is 2.05. The first-order valence-corrected chi connectivity index (χ1v) is 5.93. The van der Waals surface area contributed by atoms with Gasteiger partial charge in [-0.1, -0.05) is 25.1 Å². The summed E-state index contributed by atoms with van der Waals surface area (Å²) in [6, 6.07) is 6.46. The summed E-state index contributed by atoms with van der Waals surface area (Å²) in [5, 5.41) is 0. The third kappa shape index (κ3) is 2.97. The van der Waals surface area contributed by atoms with E-state index in [0.29, 0.717) is 23.7 Å². The fraction of sp³-hybridized carbons (Fsp3) is 0.231. The van der Waals surface area contributed by atoms with E-state index in [9.17, 15) is 4.39 Å². The maximum atomic E-state index is 13.5. The molecule has 0 saturated heterocycles. The average Bonchev–Trinajstić information content (AvgIpc) is 2.45. The van der Waals surface area contributed by atoms with E-state index in [1.54, 1.807) is 18.2 Å². The molecule has 2 aromatic rings. The quantitative estimate of drug-likeness (QED) is 0.637. The minimum Gasteiger partial charge on any atom is -0.472 e. The molecule has 3 N–H and O–H groups in total. The summed E-state index contributed by atoms with van der Waals surface area (Å²) in [5.74, 6) is 6.00. The highest BCUT2D eigenvalue weighted by Crippen LogP contribution is 2.22. The average molecular weight is 262 g/mol. The highest BCUT2D eigenvalue weighted by atomic mass is 19.1. The zero-order valence-corrected chi connectivity index (χ0v) is 10.6. The molecule has 2 rings (SSSR count). The van der Waals surface area contributed by atoms with E-state index in [1.807, 2.05) is 6.92 Å². The number of nitrogens with zero attached hydrogens (tertiary/aromatic N) is 2. The van der Waals surface area contributed by atoms with E-state index in [4.69, 9.17) is 10.6 Å². The minimum atomic E-state index is -0.299. The summed E-state index contributed by atoms with van der Waals surface area (Å²) in [7, 11) is 0. The van der Waals surface area contributed by atoms with Crippen molar-refractivity contribution >= 4 is 5.82 Å². The van der Waals surface area contributed by atoms with E-state index in [1.165, 1.54) is 12.4 Å². The fourth-order valence-corrected chi connectivity index (χ4v) is 1.73. The number of aromatic nitrogens is 2. The maximum Gasteiger partial charge on any atom is 0.222 e. The monoisotopic (exact) mass is 262 g/mol. The summed E-state index contributed by atoms with van der Waals surface area (Å²) in [6.07, 6.45) is 2.01. The molecule has 0 aliphatic carbocycles. The van der Waals surface area contributed by atoms with Crippen molar-refractivity contribution in [2.45, 2.75) is 20.0 Å². The third-order valence-corrected chi connectivity index (χ3v) is 2.72. The van der Waals surface area contributed by atoms with Crippen LogP contribution in [0.1, 0.15) is 18.1 Å².